The Bertz CT molecular complexity index is 212. The van der Waals surface area contributed by atoms with E-state index in [1.54, 1.807) is 0 Å². The van der Waals surface area contributed by atoms with Crippen LogP contribution >= 0.6 is 8.03 Å². The fraction of sp³-hybridized carbons (Fsp3) is 0.875. The highest BCUT2D eigenvalue weighted by Gasteiger charge is 2.31. The molecule has 0 spiro atoms. The third kappa shape index (κ3) is 7.09. The van der Waals surface area contributed by atoms with Crippen molar-refractivity contribution in [2.24, 2.45) is 0 Å². The number of hydrogen-bond donors (Lipinski definition) is 0. The molecule has 6 heteroatoms. The summed E-state index contributed by atoms with van der Waals surface area (Å²) in [5.74, 6) is 0. The number of carbonyl (C=O) groups is 1. The fourth-order valence-corrected chi connectivity index (χ4v) is 1.27. The van der Waals surface area contributed by atoms with Crippen LogP contribution in [0.1, 0.15) is 0 Å². The van der Waals surface area contributed by atoms with E-state index in [4.69, 9.17) is 4.52 Å². The highest BCUT2D eigenvalue weighted by molar-refractivity contribution is 7.59. The molecule has 0 saturated heterocycles. The van der Waals surface area contributed by atoms with Crippen molar-refractivity contribution < 1.29 is 23.1 Å². The zero-order chi connectivity index (χ0) is 11.2. The number of nitrogens with zero attached hydrogens (tertiary/aromatic N) is 1. The Morgan fingerprint density at radius 2 is 1.93 bits per heavy atom. The van der Waals surface area contributed by atoms with Gasteiger partial charge in [-0.1, -0.05) is 0 Å². The molecule has 0 bridgehead atoms. The molecule has 0 aliphatic heterocycles. The highest BCUT2D eigenvalue weighted by Crippen LogP contribution is 2.22. The Morgan fingerprint density at radius 3 is 2.36 bits per heavy atom. The first kappa shape index (κ1) is 13.7. The number of ether oxygens (including phenoxy) is 1. The largest absolute Gasteiger partial charge is 0.590 e. The Morgan fingerprint density at radius 1 is 1.36 bits per heavy atom. The van der Waals surface area contributed by atoms with Crippen molar-refractivity contribution in [3.8, 4) is 0 Å². The lowest BCUT2D eigenvalue weighted by Gasteiger charge is -2.21. The van der Waals surface area contributed by atoms with Crippen molar-refractivity contribution in [3.63, 3.8) is 0 Å². The third-order valence-electron chi connectivity index (χ3n) is 1.44. The summed E-state index contributed by atoms with van der Waals surface area (Å²) in [4.78, 5) is 11.0. The molecule has 0 aromatic rings. The Balaban J connectivity index is 3.70. The normalized spacial score (nSPS) is 12.7. The molecule has 0 aromatic carbocycles. The summed E-state index contributed by atoms with van der Waals surface area (Å²) in [6.45, 7) is 0.870. The molecule has 1 unspecified atom stereocenters. The van der Waals surface area contributed by atoms with Gasteiger partial charge in [-0.25, -0.2) is 4.79 Å². The number of methoxy groups -OCH3 is 1. The molecule has 0 heterocycles. The van der Waals surface area contributed by atoms with Crippen LogP contribution in [0.4, 0.5) is 0 Å². The minimum atomic E-state index is -2.22. The first-order chi connectivity index (χ1) is 6.37. The molecule has 0 fully saturated rings. The molecule has 0 N–H and O–H groups in total. The summed E-state index contributed by atoms with van der Waals surface area (Å²) >= 11 is 0. The molecule has 0 saturated carbocycles. The molecule has 14 heavy (non-hydrogen) atoms. The summed E-state index contributed by atoms with van der Waals surface area (Å²) in [6.07, 6.45) is 0. The number of quaternary nitrogens is 1. The van der Waals surface area contributed by atoms with Gasteiger partial charge in [-0.15, -0.1) is 4.52 Å². The summed E-state index contributed by atoms with van der Waals surface area (Å²) < 4.78 is 21.3. The predicted molar refractivity (Wildman–Crippen MR) is 53.3 cm³/mol. The van der Waals surface area contributed by atoms with Gasteiger partial charge in [-0.2, -0.15) is 0 Å². The van der Waals surface area contributed by atoms with Crippen molar-refractivity contribution in [1.29, 1.82) is 0 Å². The Labute approximate surface area is 85.4 Å². The monoisotopic (exact) mass is 223 g/mol. The average Bonchev–Trinajstić information content (AvgIpc) is 2.02. The van der Waals surface area contributed by atoms with E-state index in [1.807, 2.05) is 21.1 Å². The van der Waals surface area contributed by atoms with Crippen LogP contribution in [0.5, 0.6) is 0 Å². The second kappa shape index (κ2) is 6.19. The molecule has 5 nitrogen and oxygen atoms in total. The summed E-state index contributed by atoms with van der Waals surface area (Å²) in [6, 6.07) is 0. The molecule has 0 radical (unpaired) electrons. The van der Waals surface area contributed by atoms with E-state index in [-0.39, 0.29) is 6.61 Å². The smallest absolute Gasteiger partial charge is 0.372 e. The predicted octanol–water partition coefficient (Wildman–Crippen LogP) is 0.625. The molecule has 0 aromatic heterocycles. The first-order valence-corrected chi connectivity index (χ1v) is 5.47. The lowest BCUT2D eigenvalue weighted by molar-refractivity contribution is -0.870. The van der Waals surface area contributed by atoms with Crippen molar-refractivity contribution in [3.05, 3.63) is 0 Å². The molecule has 0 rings (SSSR count). The van der Waals surface area contributed by atoms with E-state index in [2.05, 4.69) is 4.74 Å². The maximum atomic E-state index is 11.1. The minimum Gasteiger partial charge on any atom is -0.372 e. The van der Waals surface area contributed by atoms with Crippen LogP contribution in [-0.4, -0.2) is 58.0 Å². The molecule has 82 valence electrons. The molecular weight excluding hydrogens is 205 g/mol. The third-order valence-corrected chi connectivity index (χ3v) is 2.40. The molecule has 0 aliphatic rings. The van der Waals surface area contributed by atoms with Gasteiger partial charge in [0.25, 0.3) is 0 Å². The number of rotatable bonds is 7. The van der Waals surface area contributed by atoms with E-state index in [0.29, 0.717) is 17.6 Å². The lowest BCUT2D eigenvalue weighted by atomic mass is 10.5. The Kier molecular flexibility index (Phi) is 6.04. The van der Waals surface area contributed by atoms with Crippen LogP contribution in [-0.2, 0) is 18.6 Å². The lowest BCUT2D eigenvalue weighted by Crippen LogP contribution is -2.37. The van der Waals surface area contributed by atoms with Gasteiger partial charge < -0.3 is 9.22 Å². The molecule has 1 atom stereocenters. The van der Waals surface area contributed by atoms with E-state index < -0.39 is 13.6 Å². The second-order valence-electron chi connectivity index (χ2n) is 3.93. The fourth-order valence-electron chi connectivity index (χ4n) is 0.646. The summed E-state index contributed by atoms with van der Waals surface area (Å²) in [7, 11) is 5.14. The van der Waals surface area contributed by atoms with Gasteiger partial charge in [0.1, 0.15) is 6.54 Å². The van der Waals surface area contributed by atoms with Crippen molar-refractivity contribution in [1.82, 2.24) is 0 Å². The van der Waals surface area contributed by atoms with E-state index in [1.165, 1.54) is 7.11 Å². The van der Waals surface area contributed by atoms with Crippen LogP contribution in [0.25, 0.3) is 0 Å². The van der Waals surface area contributed by atoms with Gasteiger partial charge >= 0.3 is 13.6 Å². The average molecular weight is 223 g/mol. The van der Waals surface area contributed by atoms with Gasteiger partial charge in [-0.05, 0) is 4.57 Å². The van der Waals surface area contributed by atoms with Gasteiger partial charge in [0.05, 0.1) is 21.1 Å². The zero-order valence-corrected chi connectivity index (χ0v) is 10.0. The van der Waals surface area contributed by atoms with Crippen LogP contribution in [0.3, 0.4) is 0 Å². The molecule has 0 amide bonds. The maximum Gasteiger partial charge on any atom is 0.590 e. The second-order valence-corrected chi connectivity index (χ2v) is 5.20. The number of likely N-dealkylation sites (N-methyl/N-ethyl adjacent to an activating group) is 1. The summed E-state index contributed by atoms with van der Waals surface area (Å²) in [5, 5.41) is 0. The minimum absolute atomic E-state index is 0.153. The maximum absolute atomic E-state index is 11.1. The van der Waals surface area contributed by atoms with E-state index >= 15 is 0 Å². The van der Waals surface area contributed by atoms with Crippen molar-refractivity contribution >= 4 is 13.6 Å². The van der Waals surface area contributed by atoms with Crippen molar-refractivity contribution in [2.45, 2.75) is 0 Å². The number of carbonyl (C=O) groups excluding carboxylic acids is 1. The zero-order valence-electron chi connectivity index (χ0n) is 9.15. The SMILES string of the molecule is COCC(=O)[P+](=O)OCC[N+](C)(C)C. The highest BCUT2D eigenvalue weighted by atomic mass is 31.1. The van der Waals surface area contributed by atoms with Crippen LogP contribution in [0.15, 0.2) is 0 Å². The van der Waals surface area contributed by atoms with Crippen molar-refractivity contribution in [2.75, 3.05) is 48.0 Å². The molecular formula is C8H18NO4P+2. The van der Waals surface area contributed by atoms with Gasteiger partial charge in [0.15, 0.2) is 13.2 Å². The van der Waals surface area contributed by atoms with Crippen LogP contribution in [0, 0.1) is 0 Å². The van der Waals surface area contributed by atoms with E-state index in [9.17, 15) is 9.36 Å². The standard InChI is InChI=1S/C8H18NO4P/c1-9(2,3)5-6-13-14(11)8(10)7-12-4/h5-7H2,1-4H3/q+2. The topological polar surface area (TPSA) is 52.6 Å². The van der Waals surface area contributed by atoms with Gasteiger partial charge in [-0.3, -0.25) is 0 Å². The quantitative estimate of drug-likeness (QED) is 0.469. The van der Waals surface area contributed by atoms with Gasteiger partial charge in [0.2, 0.25) is 0 Å². The number of hydrogen-bond acceptors (Lipinski definition) is 4. The Hall–Kier alpha value is -0.350. The van der Waals surface area contributed by atoms with E-state index in [0.717, 1.165) is 0 Å². The first-order valence-electron chi connectivity index (χ1n) is 4.29. The van der Waals surface area contributed by atoms with Gasteiger partial charge in [0, 0.05) is 7.11 Å². The van der Waals surface area contributed by atoms with Crippen LogP contribution < -0.4 is 0 Å². The summed E-state index contributed by atoms with van der Waals surface area (Å²) in [5.41, 5.74) is -0.496. The van der Waals surface area contributed by atoms with Crippen LogP contribution in [0.2, 0.25) is 0 Å². The molecule has 0 aliphatic carbocycles.